The first kappa shape index (κ1) is 13.1. The molecule has 2 unspecified atom stereocenters. The Balaban J connectivity index is 2.19. The van der Waals surface area contributed by atoms with Crippen molar-refractivity contribution in [1.29, 1.82) is 0 Å². The van der Waals surface area contributed by atoms with E-state index in [1.807, 2.05) is 0 Å². The fourth-order valence-electron chi connectivity index (χ4n) is 2.17. The number of hydrogen-bond acceptors (Lipinski definition) is 4. The average molecular weight is 262 g/mol. The molecular weight excluding hydrogens is 248 g/mol. The highest BCUT2D eigenvalue weighted by Gasteiger charge is 2.26. The van der Waals surface area contributed by atoms with E-state index in [0.29, 0.717) is 12.1 Å². The van der Waals surface area contributed by atoms with Gasteiger partial charge >= 0.3 is 5.97 Å². The fraction of sp³-hybridized carbons (Fsp3) is 0.308. The molecule has 0 saturated heterocycles. The number of anilines is 1. The van der Waals surface area contributed by atoms with Crippen LogP contribution in [-0.4, -0.2) is 22.0 Å². The van der Waals surface area contributed by atoms with Gasteiger partial charge in [0.2, 0.25) is 0 Å². The Morgan fingerprint density at radius 3 is 2.79 bits per heavy atom. The molecule has 0 heterocycles. The van der Waals surface area contributed by atoms with Gasteiger partial charge in [-0.05, 0) is 18.9 Å². The van der Waals surface area contributed by atoms with Gasteiger partial charge in [-0.3, -0.25) is 14.9 Å². The largest absolute Gasteiger partial charge is 0.481 e. The third-order valence-electron chi connectivity index (χ3n) is 3.18. The molecule has 100 valence electrons. The Kier molecular flexibility index (Phi) is 3.50. The van der Waals surface area contributed by atoms with Gasteiger partial charge in [0.1, 0.15) is 5.69 Å². The molecule has 2 atom stereocenters. The van der Waals surface area contributed by atoms with Crippen molar-refractivity contribution in [2.75, 3.05) is 5.32 Å². The first-order valence-electron chi connectivity index (χ1n) is 5.90. The molecule has 19 heavy (non-hydrogen) atoms. The molecule has 6 nitrogen and oxygen atoms in total. The lowest BCUT2D eigenvalue weighted by atomic mass is 10.1. The van der Waals surface area contributed by atoms with Gasteiger partial charge in [0.25, 0.3) is 5.69 Å². The zero-order valence-corrected chi connectivity index (χ0v) is 10.4. The van der Waals surface area contributed by atoms with E-state index in [1.54, 1.807) is 31.2 Å². The maximum absolute atomic E-state index is 11.0. The summed E-state index contributed by atoms with van der Waals surface area (Å²) in [7, 11) is 0. The second kappa shape index (κ2) is 5.09. The van der Waals surface area contributed by atoms with Crippen molar-refractivity contribution in [3.8, 4) is 0 Å². The molecule has 2 N–H and O–H groups in total. The van der Waals surface area contributed by atoms with Crippen LogP contribution in [-0.2, 0) is 4.79 Å². The number of benzene rings is 1. The summed E-state index contributed by atoms with van der Waals surface area (Å²) in [5.41, 5.74) is 1.22. The molecule has 0 bridgehead atoms. The minimum atomic E-state index is -0.875. The molecule has 0 fully saturated rings. The highest BCUT2D eigenvalue weighted by atomic mass is 16.6. The number of carboxylic acids is 1. The third-order valence-corrected chi connectivity index (χ3v) is 3.18. The Labute approximate surface area is 109 Å². The minimum Gasteiger partial charge on any atom is -0.481 e. The molecule has 0 spiro atoms. The van der Waals surface area contributed by atoms with Gasteiger partial charge in [-0.15, -0.1) is 0 Å². The van der Waals surface area contributed by atoms with E-state index in [2.05, 4.69) is 5.32 Å². The topological polar surface area (TPSA) is 92.5 Å². The Bertz CT molecular complexity index is 554. The molecule has 0 aromatic heterocycles. The zero-order chi connectivity index (χ0) is 14.0. The van der Waals surface area contributed by atoms with Crippen LogP contribution in [0.5, 0.6) is 0 Å². The molecular formula is C13H14N2O4. The Morgan fingerprint density at radius 2 is 2.21 bits per heavy atom. The van der Waals surface area contributed by atoms with E-state index in [1.165, 1.54) is 6.07 Å². The molecule has 1 aliphatic carbocycles. The minimum absolute atomic E-state index is 0.00664. The van der Waals surface area contributed by atoms with Crippen LogP contribution < -0.4 is 5.32 Å². The summed E-state index contributed by atoms with van der Waals surface area (Å²) in [5, 5.41) is 22.9. The van der Waals surface area contributed by atoms with Crippen molar-refractivity contribution in [3.63, 3.8) is 0 Å². The number of nitrogens with zero attached hydrogens (tertiary/aromatic N) is 1. The van der Waals surface area contributed by atoms with Gasteiger partial charge < -0.3 is 10.4 Å². The summed E-state index contributed by atoms with van der Waals surface area (Å²) in [4.78, 5) is 21.4. The molecule has 1 aliphatic rings. The summed E-state index contributed by atoms with van der Waals surface area (Å²) >= 11 is 0. The molecule has 1 aromatic rings. The van der Waals surface area contributed by atoms with Crippen molar-refractivity contribution in [1.82, 2.24) is 0 Å². The highest BCUT2D eigenvalue weighted by Crippen LogP contribution is 2.30. The number of nitro benzene ring substituents is 1. The van der Waals surface area contributed by atoms with Crippen molar-refractivity contribution in [2.45, 2.75) is 19.4 Å². The van der Waals surface area contributed by atoms with E-state index in [4.69, 9.17) is 5.11 Å². The van der Waals surface area contributed by atoms with Crippen LogP contribution in [0.2, 0.25) is 0 Å². The molecule has 0 radical (unpaired) electrons. The summed E-state index contributed by atoms with van der Waals surface area (Å²) in [6, 6.07) is 4.65. The second-order valence-electron chi connectivity index (χ2n) is 4.54. The summed E-state index contributed by atoms with van der Waals surface area (Å²) < 4.78 is 0. The molecule has 1 aromatic carbocycles. The van der Waals surface area contributed by atoms with Crippen LogP contribution in [0.15, 0.2) is 30.4 Å². The van der Waals surface area contributed by atoms with Crippen molar-refractivity contribution in [3.05, 3.63) is 46.0 Å². The number of aliphatic carboxylic acids is 1. The first-order chi connectivity index (χ1) is 8.99. The van der Waals surface area contributed by atoms with Crippen LogP contribution in [0.1, 0.15) is 12.0 Å². The smallest absolute Gasteiger partial charge is 0.310 e. The van der Waals surface area contributed by atoms with Crippen molar-refractivity contribution < 1.29 is 14.8 Å². The number of carbonyl (C=O) groups is 1. The van der Waals surface area contributed by atoms with E-state index in [-0.39, 0.29) is 11.7 Å². The van der Waals surface area contributed by atoms with E-state index in [0.717, 1.165) is 5.56 Å². The zero-order valence-electron chi connectivity index (χ0n) is 10.4. The van der Waals surface area contributed by atoms with Gasteiger partial charge in [-0.2, -0.15) is 0 Å². The lowest BCUT2D eigenvalue weighted by Gasteiger charge is -2.15. The van der Waals surface area contributed by atoms with Gasteiger partial charge in [-0.25, -0.2) is 0 Å². The monoisotopic (exact) mass is 262 g/mol. The lowest BCUT2D eigenvalue weighted by molar-refractivity contribution is -0.384. The third kappa shape index (κ3) is 2.73. The molecule has 0 aliphatic heterocycles. The van der Waals surface area contributed by atoms with Crippen LogP contribution in [0.3, 0.4) is 0 Å². The second-order valence-corrected chi connectivity index (χ2v) is 4.54. The molecule has 0 amide bonds. The quantitative estimate of drug-likeness (QED) is 0.493. The van der Waals surface area contributed by atoms with Crippen LogP contribution in [0, 0.1) is 23.0 Å². The van der Waals surface area contributed by atoms with E-state index in [9.17, 15) is 14.9 Å². The number of nitro groups is 1. The van der Waals surface area contributed by atoms with Crippen LogP contribution in [0.4, 0.5) is 11.4 Å². The van der Waals surface area contributed by atoms with Gasteiger partial charge in [0.15, 0.2) is 0 Å². The first-order valence-corrected chi connectivity index (χ1v) is 5.90. The number of para-hydroxylation sites is 1. The van der Waals surface area contributed by atoms with Crippen molar-refractivity contribution >= 4 is 17.3 Å². The van der Waals surface area contributed by atoms with Gasteiger partial charge in [0, 0.05) is 12.1 Å². The maximum atomic E-state index is 11.0. The molecule has 0 saturated carbocycles. The normalized spacial score (nSPS) is 21.3. The highest BCUT2D eigenvalue weighted by molar-refractivity contribution is 5.74. The van der Waals surface area contributed by atoms with Crippen LogP contribution >= 0.6 is 0 Å². The molecule has 6 heteroatoms. The fourth-order valence-corrected chi connectivity index (χ4v) is 2.17. The predicted molar refractivity (Wildman–Crippen MR) is 70.1 cm³/mol. The van der Waals surface area contributed by atoms with Gasteiger partial charge in [0.05, 0.1) is 10.8 Å². The maximum Gasteiger partial charge on any atom is 0.310 e. The number of aryl methyl sites for hydroxylation is 1. The predicted octanol–water partition coefficient (Wildman–Crippen LogP) is 2.34. The summed E-state index contributed by atoms with van der Waals surface area (Å²) in [6.45, 7) is 1.78. The Morgan fingerprint density at radius 1 is 1.47 bits per heavy atom. The van der Waals surface area contributed by atoms with Crippen molar-refractivity contribution in [2.24, 2.45) is 5.92 Å². The summed E-state index contributed by atoms with van der Waals surface area (Å²) in [5.74, 6) is -1.40. The number of hydrogen-bond donors (Lipinski definition) is 2. The summed E-state index contributed by atoms with van der Waals surface area (Å²) in [6.07, 6.45) is 3.76. The Hall–Kier alpha value is -2.37. The lowest BCUT2D eigenvalue weighted by Crippen LogP contribution is -2.19. The number of rotatable bonds is 4. The van der Waals surface area contributed by atoms with Gasteiger partial charge in [-0.1, -0.05) is 24.3 Å². The number of nitrogens with one attached hydrogen (secondary N) is 1. The number of carboxylic acid groups (broad SMARTS) is 1. The molecule has 2 rings (SSSR count). The van der Waals surface area contributed by atoms with E-state index < -0.39 is 16.8 Å². The average Bonchev–Trinajstić information content (AvgIpc) is 2.80. The standard InChI is InChI=1S/C13H14N2O4/c1-8-3-2-4-11(15(18)19)12(8)14-10-6-5-9(7-10)13(16)17/h2-6,9-10,14H,7H2,1H3,(H,16,17). The SMILES string of the molecule is Cc1cccc([N+](=O)[O-])c1NC1C=CC(C(=O)O)C1. The van der Waals surface area contributed by atoms with Crippen LogP contribution in [0.25, 0.3) is 0 Å². The van der Waals surface area contributed by atoms with E-state index >= 15 is 0 Å².